The van der Waals surface area contributed by atoms with Crippen molar-refractivity contribution in [2.75, 3.05) is 21.3 Å². The van der Waals surface area contributed by atoms with Crippen LogP contribution in [0.1, 0.15) is 26.3 Å². The van der Waals surface area contributed by atoms with E-state index >= 15 is 0 Å². The number of nitrogens with one attached hydrogen (secondary N) is 1. The van der Waals surface area contributed by atoms with Crippen molar-refractivity contribution in [1.82, 2.24) is 5.32 Å². The van der Waals surface area contributed by atoms with E-state index in [1.165, 1.54) is 0 Å². The third-order valence-corrected chi connectivity index (χ3v) is 4.07. The zero-order chi connectivity index (χ0) is 19.4. The topological polar surface area (TPSA) is 66.0 Å². The van der Waals surface area contributed by atoms with Gasteiger partial charge in [0.05, 0.1) is 7.11 Å². The molecule has 0 atom stereocenters. The first-order chi connectivity index (χ1) is 12.2. The number of carbonyl (C=O) groups is 1. The minimum atomic E-state index is -0.967. The fraction of sp³-hybridized carbons (Fsp3) is 0.450. The SMILES string of the molecule is COc1ccc(C2(NC(=O)OC(C)(C)C)C=CC(OC)(OC)C=C2)cc1. The zero-order valence-electron chi connectivity index (χ0n) is 16.2. The highest BCUT2D eigenvalue weighted by atomic mass is 16.7. The highest BCUT2D eigenvalue weighted by Crippen LogP contribution is 2.34. The van der Waals surface area contributed by atoms with Gasteiger partial charge in [0, 0.05) is 14.2 Å². The number of methoxy groups -OCH3 is 3. The van der Waals surface area contributed by atoms with Gasteiger partial charge in [-0.05, 0) is 62.8 Å². The van der Waals surface area contributed by atoms with Crippen molar-refractivity contribution in [2.45, 2.75) is 37.7 Å². The average molecular weight is 361 g/mol. The van der Waals surface area contributed by atoms with Gasteiger partial charge in [0.1, 0.15) is 16.9 Å². The van der Waals surface area contributed by atoms with Gasteiger partial charge in [-0.1, -0.05) is 12.1 Å². The second-order valence-corrected chi connectivity index (χ2v) is 7.02. The van der Waals surface area contributed by atoms with Crippen molar-refractivity contribution in [3.63, 3.8) is 0 Å². The number of alkyl carbamates (subject to hydrolysis) is 1. The minimum absolute atomic E-state index is 0.523. The molecule has 0 fully saturated rings. The maximum absolute atomic E-state index is 12.4. The van der Waals surface area contributed by atoms with Gasteiger partial charge in [-0.25, -0.2) is 4.79 Å². The van der Waals surface area contributed by atoms with Gasteiger partial charge in [-0.3, -0.25) is 0 Å². The molecule has 1 aliphatic rings. The van der Waals surface area contributed by atoms with E-state index in [1.54, 1.807) is 33.5 Å². The van der Waals surface area contributed by atoms with Gasteiger partial charge in [-0.15, -0.1) is 0 Å². The molecule has 0 radical (unpaired) electrons. The summed E-state index contributed by atoms with van der Waals surface area (Å²) in [4.78, 5) is 12.4. The summed E-state index contributed by atoms with van der Waals surface area (Å²) in [7, 11) is 4.72. The molecule has 0 aliphatic heterocycles. The van der Waals surface area contributed by atoms with Crippen LogP contribution in [-0.4, -0.2) is 38.8 Å². The second-order valence-electron chi connectivity index (χ2n) is 7.02. The van der Waals surface area contributed by atoms with E-state index in [1.807, 2.05) is 57.2 Å². The molecule has 0 spiro atoms. The normalized spacial score (nSPS) is 17.6. The van der Waals surface area contributed by atoms with Crippen LogP contribution in [0.3, 0.4) is 0 Å². The van der Waals surface area contributed by atoms with E-state index in [4.69, 9.17) is 18.9 Å². The van der Waals surface area contributed by atoms with Crippen LogP contribution >= 0.6 is 0 Å². The molecule has 6 heteroatoms. The Kier molecular flexibility index (Phi) is 5.78. The lowest BCUT2D eigenvalue weighted by atomic mass is 9.84. The van der Waals surface area contributed by atoms with E-state index in [-0.39, 0.29) is 0 Å². The van der Waals surface area contributed by atoms with E-state index < -0.39 is 23.0 Å². The van der Waals surface area contributed by atoms with Crippen molar-refractivity contribution < 1.29 is 23.7 Å². The van der Waals surface area contributed by atoms with Crippen molar-refractivity contribution >= 4 is 6.09 Å². The largest absolute Gasteiger partial charge is 0.497 e. The third kappa shape index (κ3) is 4.45. The van der Waals surface area contributed by atoms with Crippen LogP contribution in [0.4, 0.5) is 4.79 Å². The molecule has 1 N–H and O–H groups in total. The molecule has 142 valence electrons. The predicted octanol–water partition coefficient (Wildman–Crippen LogP) is 3.53. The third-order valence-electron chi connectivity index (χ3n) is 4.07. The van der Waals surface area contributed by atoms with Gasteiger partial charge in [-0.2, -0.15) is 0 Å². The number of carbonyl (C=O) groups excluding carboxylic acids is 1. The highest BCUT2D eigenvalue weighted by molar-refractivity contribution is 5.71. The molecule has 2 rings (SSSR count). The summed E-state index contributed by atoms with van der Waals surface area (Å²) >= 11 is 0. The van der Waals surface area contributed by atoms with Gasteiger partial charge >= 0.3 is 6.09 Å². The van der Waals surface area contributed by atoms with Crippen LogP contribution in [-0.2, 0) is 19.7 Å². The van der Waals surface area contributed by atoms with Gasteiger partial charge in [0.25, 0.3) is 0 Å². The molecule has 6 nitrogen and oxygen atoms in total. The van der Waals surface area contributed by atoms with Crippen LogP contribution in [0.5, 0.6) is 5.75 Å². The Labute approximate surface area is 154 Å². The Hall–Kier alpha value is -2.31. The molecule has 0 unspecified atom stereocenters. The predicted molar refractivity (Wildman–Crippen MR) is 99.1 cm³/mol. The molecule has 0 bridgehead atoms. The van der Waals surface area contributed by atoms with E-state index in [0.717, 1.165) is 11.3 Å². The molecular formula is C20H27NO5. The summed E-state index contributed by atoms with van der Waals surface area (Å²) < 4.78 is 21.5. The molecule has 0 heterocycles. The lowest BCUT2D eigenvalue weighted by Crippen LogP contribution is -2.48. The Bertz CT molecular complexity index is 665. The summed E-state index contributed by atoms with van der Waals surface area (Å²) in [5.41, 5.74) is -0.650. The van der Waals surface area contributed by atoms with Crippen LogP contribution in [0, 0.1) is 0 Å². The Balaban J connectivity index is 2.39. The first-order valence-electron chi connectivity index (χ1n) is 8.34. The number of benzene rings is 1. The van der Waals surface area contributed by atoms with Crippen molar-refractivity contribution in [2.24, 2.45) is 0 Å². The maximum Gasteiger partial charge on any atom is 0.408 e. The van der Waals surface area contributed by atoms with Gasteiger partial charge < -0.3 is 24.3 Å². The number of hydrogen-bond donors (Lipinski definition) is 1. The van der Waals surface area contributed by atoms with Crippen molar-refractivity contribution in [3.05, 3.63) is 54.1 Å². The van der Waals surface area contributed by atoms with Crippen LogP contribution in [0.2, 0.25) is 0 Å². The first kappa shape index (κ1) is 20.0. The number of rotatable bonds is 5. The first-order valence-corrected chi connectivity index (χ1v) is 8.34. The molecule has 1 aliphatic carbocycles. The summed E-state index contributed by atoms with van der Waals surface area (Å²) in [5.74, 6) is -0.237. The number of hydrogen-bond acceptors (Lipinski definition) is 5. The molecular weight excluding hydrogens is 334 g/mol. The molecule has 0 saturated carbocycles. The van der Waals surface area contributed by atoms with E-state index in [2.05, 4.69) is 5.32 Å². The van der Waals surface area contributed by atoms with Crippen molar-refractivity contribution in [1.29, 1.82) is 0 Å². The average Bonchev–Trinajstić information content (AvgIpc) is 2.61. The van der Waals surface area contributed by atoms with Gasteiger partial charge in [0.2, 0.25) is 5.79 Å². The Morgan fingerprint density at radius 2 is 1.46 bits per heavy atom. The smallest absolute Gasteiger partial charge is 0.408 e. The van der Waals surface area contributed by atoms with Crippen LogP contribution in [0.25, 0.3) is 0 Å². The molecule has 1 aromatic carbocycles. The fourth-order valence-electron chi connectivity index (χ4n) is 2.65. The standard InChI is InChI=1S/C20H27NO5/c1-18(2,3)26-17(22)21-19(15-7-9-16(23-4)10-8-15)11-13-20(24-5,25-6)14-12-19/h7-14H,1-6H3,(H,21,22). The van der Waals surface area contributed by atoms with Crippen LogP contribution in [0.15, 0.2) is 48.6 Å². The van der Waals surface area contributed by atoms with Crippen LogP contribution < -0.4 is 10.1 Å². The second kappa shape index (κ2) is 7.51. The lowest BCUT2D eigenvalue weighted by Gasteiger charge is -2.36. The number of ether oxygens (including phenoxy) is 4. The minimum Gasteiger partial charge on any atom is -0.497 e. The Morgan fingerprint density at radius 1 is 0.923 bits per heavy atom. The Morgan fingerprint density at radius 3 is 1.88 bits per heavy atom. The lowest BCUT2D eigenvalue weighted by molar-refractivity contribution is -0.134. The van der Waals surface area contributed by atoms with Crippen molar-refractivity contribution in [3.8, 4) is 5.75 Å². The highest BCUT2D eigenvalue weighted by Gasteiger charge is 2.37. The molecule has 0 saturated heterocycles. The molecule has 1 amide bonds. The maximum atomic E-state index is 12.4. The molecule has 0 aromatic heterocycles. The summed E-state index contributed by atoms with van der Waals surface area (Å²) in [6.45, 7) is 5.46. The van der Waals surface area contributed by atoms with E-state index in [9.17, 15) is 4.79 Å². The summed E-state index contributed by atoms with van der Waals surface area (Å²) in [6.07, 6.45) is 6.64. The summed E-state index contributed by atoms with van der Waals surface area (Å²) in [6, 6.07) is 7.45. The summed E-state index contributed by atoms with van der Waals surface area (Å²) in [5, 5.41) is 2.94. The molecule has 1 aromatic rings. The van der Waals surface area contributed by atoms with Gasteiger partial charge in [0.15, 0.2) is 0 Å². The fourth-order valence-corrected chi connectivity index (χ4v) is 2.65. The number of amides is 1. The molecule has 26 heavy (non-hydrogen) atoms. The quantitative estimate of drug-likeness (QED) is 0.642. The van der Waals surface area contributed by atoms with E-state index in [0.29, 0.717) is 0 Å². The zero-order valence-corrected chi connectivity index (χ0v) is 16.2. The monoisotopic (exact) mass is 361 g/mol.